The van der Waals surface area contributed by atoms with Crippen molar-refractivity contribution in [3.8, 4) is 5.69 Å². The summed E-state index contributed by atoms with van der Waals surface area (Å²) in [4.78, 5) is 0. The zero-order valence-corrected chi connectivity index (χ0v) is 21.8. The highest BCUT2D eigenvalue weighted by atomic mass is 16.5. The molecule has 1 aliphatic heterocycles. The normalized spacial score (nSPS) is 17.2. The van der Waals surface area contributed by atoms with Crippen molar-refractivity contribution < 1.29 is 9.22 Å². The lowest BCUT2D eigenvalue weighted by Crippen LogP contribution is -2.72. The van der Waals surface area contributed by atoms with Crippen molar-refractivity contribution in [2.24, 2.45) is 0 Å². The highest BCUT2D eigenvalue weighted by molar-refractivity contribution is 6.85. The Hall–Kier alpha value is -2.85. The van der Waals surface area contributed by atoms with Gasteiger partial charge in [-0.2, -0.15) is 0 Å². The van der Waals surface area contributed by atoms with Gasteiger partial charge >= 0.3 is 0 Å². The standard InChI is InChI=1S/C30H37BN2O/c1-8-31(9-2)30-32(19-28(34-31)27-16-12-14-25-13-10-11-15-26(25)27)23(6)24(7)33(30)29-21(4)17-20(3)18-22(29)5/h10-18,28H,8-9,19H2,1-7H3. The van der Waals surface area contributed by atoms with Gasteiger partial charge in [-0.3, -0.25) is 4.57 Å². The van der Waals surface area contributed by atoms with Crippen LogP contribution in [0.1, 0.15) is 53.6 Å². The third-order valence-electron chi connectivity index (χ3n) is 8.36. The minimum absolute atomic E-state index is 0.0395. The van der Waals surface area contributed by atoms with Gasteiger partial charge in [0.05, 0.1) is 6.10 Å². The molecule has 1 aromatic heterocycles. The van der Waals surface area contributed by atoms with Gasteiger partial charge in [-0.25, -0.2) is 4.57 Å². The maximum Gasteiger partial charge on any atom is 0.237 e. The summed E-state index contributed by atoms with van der Waals surface area (Å²) in [5.41, 5.74) is 10.6. The van der Waals surface area contributed by atoms with E-state index in [1.807, 2.05) is 0 Å². The van der Waals surface area contributed by atoms with E-state index >= 15 is 0 Å². The molecule has 0 saturated carbocycles. The molecule has 1 atom stereocenters. The summed E-state index contributed by atoms with van der Waals surface area (Å²) in [6.45, 7) is 16.7. The molecule has 1 unspecified atom stereocenters. The first-order chi connectivity index (χ1) is 16.3. The SMILES string of the molecule is CC[B-]1(CC)OC(c2cccc3ccccc23)C[n+]2c(C)c(C)n(-c3c(C)cc(C)cc3C)c21. The predicted octanol–water partition coefficient (Wildman–Crippen LogP) is 6.42. The molecule has 4 heteroatoms. The van der Waals surface area contributed by atoms with Crippen molar-refractivity contribution in [1.29, 1.82) is 0 Å². The highest BCUT2D eigenvalue weighted by Gasteiger charge is 2.45. The van der Waals surface area contributed by atoms with Crippen molar-refractivity contribution in [3.63, 3.8) is 0 Å². The van der Waals surface area contributed by atoms with E-state index in [1.54, 1.807) is 0 Å². The molecular weight excluding hydrogens is 415 g/mol. The van der Waals surface area contributed by atoms with E-state index in [-0.39, 0.29) is 6.10 Å². The molecule has 3 aromatic carbocycles. The fourth-order valence-corrected chi connectivity index (χ4v) is 6.51. The summed E-state index contributed by atoms with van der Waals surface area (Å²) in [5, 5.41) is 2.58. The number of hydrogen-bond donors (Lipinski definition) is 0. The van der Waals surface area contributed by atoms with Crippen LogP contribution in [0.4, 0.5) is 0 Å². The minimum atomic E-state index is -1.21. The van der Waals surface area contributed by atoms with Crippen molar-refractivity contribution in [1.82, 2.24) is 4.57 Å². The van der Waals surface area contributed by atoms with Gasteiger partial charge in [0.1, 0.15) is 29.3 Å². The zero-order valence-electron chi connectivity index (χ0n) is 21.8. The van der Waals surface area contributed by atoms with E-state index in [1.165, 1.54) is 55.8 Å². The summed E-state index contributed by atoms with van der Waals surface area (Å²) in [6.07, 6.45) is 0.809. The number of hydrogen-bond acceptors (Lipinski definition) is 1. The lowest BCUT2D eigenvalue weighted by molar-refractivity contribution is -0.698. The Morgan fingerprint density at radius 1 is 0.912 bits per heavy atom. The second kappa shape index (κ2) is 8.43. The lowest BCUT2D eigenvalue weighted by Gasteiger charge is -2.45. The Bertz CT molecular complexity index is 1370. The number of nitrogens with zero attached hydrogens (tertiary/aromatic N) is 2. The molecule has 0 spiro atoms. The Kier molecular flexibility index (Phi) is 5.68. The van der Waals surface area contributed by atoms with Crippen LogP contribution in [0, 0.1) is 34.6 Å². The largest absolute Gasteiger partial charge is 0.572 e. The molecule has 0 aliphatic carbocycles. The van der Waals surface area contributed by atoms with E-state index in [9.17, 15) is 0 Å². The average Bonchev–Trinajstić information content (AvgIpc) is 3.08. The molecule has 1 aliphatic rings. The van der Waals surface area contributed by atoms with Gasteiger partial charge in [0.15, 0.2) is 0 Å². The fraction of sp³-hybridized carbons (Fsp3) is 0.367. The second-order valence-corrected chi connectivity index (χ2v) is 10.4. The molecule has 34 heavy (non-hydrogen) atoms. The van der Waals surface area contributed by atoms with Crippen LogP contribution in [-0.2, 0) is 11.2 Å². The summed E-state index contributed by atoms with van der Waals surface area (Å²) in [5.74, 6) is 0. The van der Waals surface area contributed by atoms with Gasteiger partial charge in [-0.15, -0.1) is 12.6 Å². The molecule has 176 valence electrons. The minimum Gasteiger partial charge on any atom is -0.572 e. The number of imidazole rings is 1. The van der Waals surface area contributed by atoms with Crippen LogP contribution in [-0.4, -0.2) is 10.9 Å². The predicted molar refractivity (Wildman–Crippen MR) is 144 cm³/mol. The Labute approximate surface area is 204 Å². The quantitative estimate of drug-likeness (QED) is 0.258. The third-order valence-corrected chi connectivity index (χ3v) is 8.36. The van der Waals surface area contributed by atoms with E-state index in [2.05, 4.69) is 112 Å². The van der Waals surface area contributed by atoms with Gasteiger partial charge in [0, 0.05) is 13.8 Å². The number of rotatable bonds is 4. The van der Waals surface area contributed by atoms with Crippen LogP contribution in [0.25, 0.3) is 16.5 Å². The molecule has 0 saturated heterocycles. The molecule has 0 bridgehead atoms. The average molecular weight is 452 g/mol. The second-order valence-electron chi connectivity index (χ2n) is 10.4. The maximum atomic E-state index is 7.25. The van der Waals surface area contributed by atoms with Crippen LogP contribution in [0.3, 0.4) is 0 Å². The molecule has 0 fully saturated rings. The van der Waals surface area contributed by atoms with Crippen molar-refractivity contribution in [2.75, 3.05) is 0 Å². The van der Waals surface area contributed by atoms with Crippen LogP contribution < -0.4 is 10.3 Å². The third kappa shape index (κ3) is 3.34. The van der Waals surface area contributed by atoms with Crippen LogP contribution in [0.15, 0.2) is 54.6 Å². The van der Waals surface area contributed by atoms with Gasteiger partial charge < -0.3 is 4.65 Å². The summed E-state index contributed by atoms with van der Waals surface area (Å²) in [6, 6.07) is 20.0. The van der Waals surface area contributed by atoms with Gasteiger partial charge in [-0.05, 0) is 48.2 Å². The molecule has 0 amide bonds. The Balaban J connectivity index is 1.76. The monoisotopic (exact) mass is 452 g/mol. The summed E-state index contributed by atoms with van der Waals surface area (Å²) < 4.78 is 12.4. The van der Waals surface area contributed by atoms with Gasteiger partial charge in [0.2, 0.25) is 6.35 Å². The number of aromatic nitrogens is 2. The molecule has 2 heterocycles. The smallest absolute Gasteiger partial charge is 0.237 e. The first kappa shape index (κ1) is 22.9. The number of fused-ring (bicyclic) bond motifs is 2. The van der Waals surface area contributed by atoms with E-state index in [4.69, 9.17) is 4.65 Å². The number of benzene rings is 3. The first-order valence-electron chi connectivity index (χ1n) is 12.8. The maximum absolute atomic E-state index is 7.25. The molecular formula is C30H37BN2O. The van der Waals surface area contributed by atoms with Crippen molar-refractivity contribution in [3.05, 3.63) is 88.2 Å². The molecule has 4 aromatic rings. The summed E-state index contributed by atoms with van der Waals surface area (Å²) in [7, 11) is 0. The van der Waals surface area contributed by atoms with E-state index in [0.717, 1.165) is 19.2 Å². The van der Waals surface area contributed by atoms with Gasteiger partial charge in [-0.1, -0.05) is 74.0 Å². The van der Waals surface area contributed by atoms with Crippen molar-refractivity contribution in [2.45, 2.75) is 73.8 Å². The summed E-state index contributed by atoms with van der Waals surface area (Å²) >= 11 is 0. The Morgan fingerprint density at radius 3 is 2.24 bits per heavy atom. The molecule has 0 radical (unpaired) electrons. The molecule has 5 rings (SSSR count). The number of aryl methyl sites for hydroxylation is 3. The first-order valence-corrected chi connectivity index (χ1v) is 12.8. The Morgan fingerprint density at radius 2 is 1.56 bits per heavy atom. The van der Waals surface area contributed by atoms with Crippen LogP contribution in [0.2, 0.25) is 12.6 Å². The lowest BCUT2D eigenvalue weighted by atomic mass is 9.34. The van der Waals surface area contributed by atoms with Crippen LogP contribution >= 0.6 is 0 Å². The fourth-order valence-electron chi connectivity index (χ4n) is 6.51. The van der Waals surface area contributed by atoms with E-state index in [0.29, 0.717) is 0 Å². The van der Waals surface area contributed by atoms with Crippen LogP contribution in [0.5, 0.6) is 0 Å². The van der Waals surface area contributed by atoms with Crippen molar-refractivity contribution >= 4 is 22.8 Å². The molecule has 0 N–H and O–H groups in total. The highest BCUT2D eigenvalue weighted by Crippen LogP contribution is 2.35. The van der Waals surface area contributed by atoms with E-state index < -0.39 is 6.35 Å². The van der Waals surface area contributed by atoms with Gasteiger partial charge in [0.25, 0.3) is 0 Å². The zero-order chi connectivity index (χ0) is 24.2. The molecule has 3 nitrogen and oxygen atoms in total. The topological polar surface area (TPSA) is 18.0 Å².